The zero-order chi connectivity index (χ0) is 37.3. The normalized spacial score (nSPS) is 12.7. The van der Waals surface area contributed by atoms with Crippen LogP contribution in [0.1, 0.15) is 57.8 Å². The number of aryl methyl sites for hydroxylation is 2. The van der Waals surface area contributed by atoms with Crippen molar-refractivity contribution in [2.24, 2.45) is 0 Å². The monoisotopic (exact) mass is 694 g/mol. The van der Waals surface area contributed by atoms with Crippen molar-refractivity contribution in [1.29, 1.82) is 0 Å². The van der Waals surface area contributed by atoms with Gasteiger partial charge in [-0.1, -0.05) is 170 Å². The molecule has 6 N–H and O–H groups in total. The molecule has 6 nitrogen and oxygen atoms in total. The van der Waals surface area contributed by atoms with Gasteiger partial charge in [-0.05, 0) is 70.1 Å². The van der Waals surface area contributed by atoms with Crippen LogP contribution < -0.4 is 0 Å². The molecule has 7 rings (SSSR count). The van der Waals surface area contributed by atoms with E-state index in [1.165, 1.54) is 0 Å². The van der Waals surface area contributed by atoms with E-state index in [0.29, 0.717) is 11.5 Å². The van der Waals surface area contributed by atoms with E-state index >= 15 is 0 Å². The van der Waals surface area contributed by atoms with Crippen molar-refractivity contribution in [2.75, 3.05) is 0 Å². The van der Waals surface area contributed by atoms with Gasteiger partial charge in [-0.25, -0.2) is 0 Å². The fourth-order valence-corrected chi connectivity index (χ4v) is 5.31. The van der Waals surface area contributed by atoms with Gasteiger partial charge in [-0.3, -0.25) is 0 Å². The highest BCUT2D eigenvalue weighted by atomic mass is 16.3. The molecule has 0 bridgehead atoms. The molecule has 0 aliphatic rings. The zero-order valence-corrected chi connectivity index (χ0v) is 29.3. The summed E-state index contributed by atoms with van der Waals surface area (Å²) < 4.78 is 0. The third kappa shape index (κ3) is 11.7. The van der Waals surface area contributed by atoms with Gasteiger partial charge in [0.05, 0.1) is 0 Å². The van der Waals surface area contributed by atoms with Crippen molar-refractivity contribution in [3.8, 4) is 11.5 Å². The summed E-state index contributed by atoms with van der Waals surface area (Å²) in [6.45, 7) is 3.78. The average molecular weight is 695 g/mol. The van der Waals surface area contributed by atoms with Crippen molar-refractivity contribution in [3.63, 3.8) is 0 Å². The standard InChI is InChI=1S/2C14H14O2.C10H8O.C8H10O/c2*15-13(11-7-3-1-4-8-11)14(16)12-9-5-2-6-10-12;11-10-6-5-8-3-1-2-4-9(8)7-10;1-6-4-3-5-7(2)8(6)9/h2*1-10,13-16H;1-7,11H;3-5,9H,1-2H3/t2*13-,14-;;/m10../s1. The second kappa shape index (κ2) is 20.2. The van der Waals surface area contributed by atoms with E-state index in [2.05, 4.69) is 0 Å². The third-order valence-electron chi connectivity index (χ3n) is 8.34. The lowest BCUT2D eigenvalue weighted by Gasteiger charge is -2.18. The van der Waals surface area contributed by atoms with Crippen molar-refractivity contribution >= 4 is 10.8 Å². The molecule has 0 unspecified atom stereocenters. The first-order valence-corrected chi connectivity index (χ1v) is 17.0. The van der Waals surface area contributed by atoms with E-state index in [9.17, 15) is 25.5 Å². The predicted octanol–water partition coefficient (Wildman–Crippen LogP) is 9.46. The van der Waals surface area contributed by atoms with Gasteiger partial charge in [-0.2, -0.15) is 0 Å². The molecule has 0 amide bonds. The molecule has 0 spiro atoms. The lowest BCUT2D eigenvalue weighted by molar-refractivity contribution is 0.0172. The van der Waals surface area contributed by atoms with Crippen LogP contribution in [0.15, 0.2) is 182 Å². The first-order valence-electron chi connectivity index (χ1n) is 17.0. The van der Waals surface area contributed by atoms with Crippen LogP contribution in [0.5, 0.6) is 11.5 Å². The summed E-state index contributed by atoms with van der Waals surface area (Å²) in [6.07, 6.45) is -3.54. The van der Waals surface area contributed by atoms with Gasteiger partial charge in [0.15, 0.2) is 0 Å². The number of hydrogen-bond acceptors (Lipinski definition) is 6. The van der Waals surface area contributed by atoms with E-state index < -0.39 is 24.4 Å². The molecular formula is C46H46O6. The van der Waals surface area contributed by atoms with Gasteiger partial charge in [-0.15, -0.1) is 0 Å². The summed E-state index contributed by atoms with van der Waals surface area (Å²) >= 11 is 0. The molecule has 0 radical (unpaired) electrons. The third-order valence-corrected chi connectivity index (χ3v) is 8.34. The second-order valence-electron chi connectivity index (χ2n) is 12.2. The van der Waals surface area contributed by atoms with Crippen molar-refractivity contribution in [2.45, 2.75) is 38.3 Å². The second-order valence-corrected chi connectivity index (χ2v) is 12.2. The maximum Gasteiger partial charge on any atom is 0.121 e. The first kappa shape index (κ1) is 39.0. The lowest BCUT2D eigenvalue weighted by atomic mass is 9.99. The lowest BCUT2D eigenvalue weighted by Crippen LogP contribution is -2.09. The highest BCUT2D eigenvalue weighted by molar-refractivity contribution is 5.83. The Morgan fingerprint density at radius 3 is 0.962 bits per heavy atom. The first-order chi connectivity index (χ1) is 25.2. The Morgan fingerprint density at radius 1 is 0.327 bits per heavy atom. The number of benzene rings is 7. The highest BCUT2D eigenvalue weighted by Gasteiger charge is 2.20. The van der Waals surface area contributed by atoms with E-state index in [-0.39, 0.29) is 0 Å². The fourth-order valence-electron chi connectivity index (χ4n) is 5.31. The summed E-state index contributed by atoms with van der Waals surface area (Å²) in [5.41, 5.74) is 4.76. The molecule has 0 fully saturated rings. The molecule has 7 aromatic rings. The van der Waals surface area contributed by atoms with Gasteiger partial charge < -0.3 is 30.6 Å². The summed E-state index contributed by atoms with van der Waals surface area (Å²) in [5, 5.41) is 60.5. The van der Waals surface area contributed by atoms with Crippen molar-refractivity contribution in [3.05, 3.63) is 215 Å². The quantitative estimate of drug-likeness (QED) is 0.103. The van der Waals surface area contributed by atoms with E-state index in [1.54, 1.807) is 60.7 Å². The zero-order valence-electron chi connectivity index (χ0n) is 29.3. The van der Waals surface area contributed by atoms with Crippen LogP contribution in [0.25, 0.3) is 10.8 Å². The maximum atomic E-state index is 9.99. The Balaban J connectivity index is 0.000000159. The molecule has 52 heavy (non-hydrogen) atoms. The molecule has 0 saturated heterocycles. The van der Waals surface area contributed by atoms with Crippen LogP contribution >= 0.6 is 0 Å². The van der Waals surface area contributed by atoms with Crippen molar-refractivity contribution < 1.29 is 30.6 Å². The van der Waals surface area contributed by atoms with E-state index in [4.69, 9.17) is 5.11 Å². The summed E-state index contributed by atoms with van der Waals surface area (Å²) in [4.78, 5) is 0. The number of hydrogen-bond donors (Lipinski definition) is 6. The number of para-hydroxylation sites is 1. The van der Waals surface area contributed by atoms with Crippen LogP contribution in [0.2, 0.25) is 0 Å². The van der Waals surface area contributed by atoms with Gasteiger partial charge in [0, 0.05) is 0 Å². The molecule has 0 aliphatic heterocycles. The van der Waals surface area contributed by atoms with E-state index in [1.807, 2.05) is 135 Å². The number of aliphatic hydroxyl groups is 4. The molecule has 0 aromatic heterocycles. The maximum absolute atomic E-state index is 9.99. The smallest absolute Gasteiger partial charge is 0.121 e. The van der Waals surface area contributed by atoms with Crippen molar-refractivity contribution in [1.82, 2.24) is 0 Å². The molecular weight excluding hydrogens is 649 g/mol. The molecule has 266 valence electrons. The van der Waals surface area contributed by atoms with Crippen LogP contribution in [-0.4, -0.2) is 30.6 Å². The Labute approximate surface area is 305 Å². The number of phenolic OH excluding ortho intramolecular Hbond substituents is 2. The Kier molecular flexibility index (Phi) is 15.1. The van der Waals surface area contributed by atoms with E-state index in [0.717, 1.165) is 44.2 Å². The Hall–Kier alpha value is -5.76. The van der Waals surface area contributed by atoms with Gasteiger partial charge in [0.25, 0.3) is 0 Å². The SMILES string of the molecule is Cc1cccc(C)c1O.O[C@@H](c1ccccc1)[C@@H](O)c1ccccc1.O[C@H](c1ccccc1)[C@H](O)c1ccccc1.Oc1ccc2ccccc2c1. The topological polar surface area (TPSA) is 121 Å². The van der Waals surface area contributed by atoms with Gasteiger partial charge >= 0.3 is 0 Å². The number of rotatable bonds is 6. The number of phenols is 2. The van der Waals surface area contributed by atoms with Crippen LogP contribution in [0.4, 0.5) is 0 Å². The van der Waals surface area contributed by atoms with Crippen LogP contribution in [0.3, 0.4) is 0 Å². The fraction of sp³-hybridized carbons (Fsp3) is 0.130. The minimum Gasteiger partial charge on any atom is -0.508 e. The number of aliphatic hydroxyl groups excluding tert-OH is 4. The Morgan fingerprint density at radius 2 is 0.635 bits per heavy atom. The van der Waals surface area contributed by atoms with Crippen LogP contribution in [0, 0.1) is 13.8 Å². The molecule has 0 heterocycles. The summed E-state index contributed by atoms with van der Waals surface area (Å²) in [6, 6.07) is 55.7. The summed E-state index contributed by atoms with van der Waals surface area (Å²) in [5.74, 6) is 0.737. The molecule has 0 aliphatic carbocycles. The molecule has 0 saturated carbocycles. The predicted molar refractivity (Wildman–Crippen MR) is 209 cm³/mol. The van der Waals surface area contributed by atoms with Crippen LogP contribution in [-0.2, 0) is 0 Å². The number of aromatic hydroxyl groups is 2. The minimum atomic E-state index is -0.886. The summed E-state index contributed by atoms with van der Waals surface area (Å²) in [7, 11) is 0. The van der Waals surface area contributed by atoms with Gasteiger partial charge in [0.2, 0.25) is 0 Å². The molecule has 6 heteroatoms. The Bertz CT molecular complexity index is 1840. The molecule has 7 aromatic carbocycles. The van der Waals surface area contributed by atoms with Gasteiger partial charge in [0.1, 0.15) is 35.9 Å². The minimum absolute atomic E-state index is 0.323. The average Bonchev–Trinajstić information content (AvgIpc) is 3.21. The largest absolute Gasteiger partial charge is 0.508 e. The number of fused-ring (bicyclic) bond motifs is 1. The molecule has 4 atom stereocenters. The highest BCUT2D eigenvalue weighted by Crippen LogP contribution is 2.29.